The van der Waals surface area contributed by atoms with Crippen molar-refractivity contribution in [2.75, 3.05) is 7.05 Å². The molecule has 168 valence electrons. The molecule has 2 amide bonds. The molecule has 4 rings (SSSR count). The van der Waals surface area contributed by atoms with Crippen LogP contribution in [0.1, 0.15) is 32.0 Å². The Kier molecular flexibility index (Phi) is 5.87. The number of hydrogen-bond donors (Lipinski definition) is 2. The molecule has 0 saturated heterocycles. The van der Waals surface area contributed by atoms with Gasteiger partial charge in [0.2, 0.25) is 0 Å². The minimum Gasteiger partial charge on any atom is -0.354 e. The molecule has 2 aromatic carbocycles. The Morgan fingerprint density at radius 3 is 2.42 bits per heavy atom. The maximum Gasteiger partial charge on any atom is 0.416 e. The minimum atomic E-state index is -4.44. The van der Waals surface area contributed by atoms with E-state index in [-0.39, 0.29) is 18.1 Å². The summed E-state index contributed by atoms with van der Waals surface area (Å²) in [5.41, 5.74) is 2.64. The summed E-state index contributed by atoms with van der Waals surface area (Å²) < 4.78 is 40.2. The first kappa shape index (κ1) is 22.1. The molecule has 4 aromatic rings. The predicted octanol–water partition coefficient (Wildman–Crippen LogP) is 4.31. The van der Waals surface area contributed by atoms with Gasteiger partial charge in [0.05, 0.1) is 11.1 Å². The highest BCUT2D eigenvalue weighted by atomic mass is 19.4. The monoisotopic (exact) mass is 452 g/mol. The summed E-state index contributed by atoms with van der Waals surface area (Å²) in [5, 5.41) is 9.44. The number of pyridine rings is 1. The van der Waals surface area contributed by atoms with E-state index in [2.05, 4.69) is 15.7 Å². The molecule has 0 unspecified atom stereocenters. The number of alkyl halides is 3. The molecule has 0 spiro atoms. The molecule has 2 aromatic heterocycles. The molecule has 0 bridgehead atoms. The molecule has 9 heteroatoms. The maximum atomic E-state index is 12.9. The second-order valence-corrected chi connectivity index (χ2v) is 7.32. The van der Waals surface area contributed by atoms with Crippen LogP contribution in [-0.4, -0.2) is 28.5 Å². The van der Waals surface area contributed by atoms with Crippen LogP contribution in [0.4, 0.5) is 13.2 Å². The maximum absolute atomic E-state index is 12.9. The van der Waals surface area contributed by atoms with E-state index in [1.165, 1.54) is 19.2 Å². The quantitative estimate of drug-likeness (QED) is 0.474. The van der Waals surface area contributed by atoms with Crippen molar-refractivity contribution in [3.05, 3.63) is 95.3 Å². The van der Waals surface area contributed by atoms with Crippen LogP contribution in [0.2, 0.25) is 0 Å². The predicted molar refractivity (Wildman–Crippen MR) is 117 cm³/mol. The summed E-state index contributed by atoms with van der Waals surface area (Å²) in [4.78, 5) is 24.4. The summed E-state index contributed by atoms with van der Waals surface area (Å²) in [6.07, 6.45) is -2.70. The van der Waals surface area contributed by atoms with E-state index in [0.29, 0.717) is 11.1 Å². The minimum absolute atomic E-state index is 0.0259. The number of halogens is 3. The van der Waals surface area contributed by atoms with Gasteiger partial charge in [0, 0.05) is 30.9 Å². The number of rotatable bonds is 5. The van der Waals surface area contributed by atoms with Gasteiger partial charge in [-0.25, -0.2) is 4.52 Å². The van der Waals surface area contributed by atoms with Crippen molar-refractivity contribution in [3.8, 4) is 11.1 Å². The van der Waals surface area contributed by atoms with Gasteiger partial charge in [0.15, 0.2) is 5.69 Å². The number of nitrogens with one attached hydrogen (secondary N) is 2. The van der Waals surface area contributed by atoms with E-state index in [0.717, 1.165) is 28.8 Å². The van der Waals surface area contributed by atoms with Crippen LogP contribution in [0.15, 0.2) is 72.9 Å². The van der Waals surface area contributed by atoms with Crippen molar-refractivity contribution in [2.24, 2.45) is 0 Å². The number of hydrogen-bond acceptors (Lipinski definition) is 3. The average molecular weight is 452 g/mol. The lowest BCUT2D eigenvalue weighted by molar-refractivity contribution is -0.137. The van der Waals surface area contributed by atoms with E-state index in [1.807, 2.05) is 6.07 Å². The fourth-order valence-corrected chi connectivity index (χ4v) is 3.44. The third kappa shape index (κ3) is 4.72. The van der Waals surface area contributed by atoms with Crippen LogP contribution in [0, 0.1) is 0 Å². The van der Waals surface area contributed by atoms with Gasteiger partial charge in [0.1, 0.15) is 0 Å². The Bertz CT molecular complexity index is 1330. The van der Waals surface area contributed by atoms with Crippen LogP contribution in [0.3, 0.4) is 0 Å². The standard InChI is InChI=1S/C24H19F3N4O2/c1-28-23(33)20-13-21-19(6-3-11-31(21)30-20)16-7-9-17(10-8-16)22(32)29-14-15-4-2-5-18(12-15)24(25,26)27/h2-13H,14H2,1H3,(H,28,33)(H,29,32). The Hall–Kier alpha value is -4.14. The number of fused-ring (bicyclic) bond motifs is 1. The number of benzene rings is 2. The van der Waals surface area contributed by atoms with Crippen LogP contribution >= 0.6 is 0 Å². The van der Waals surface area contributed by atoms with Crippen LogP contribution in [0.5, 0.6) is 0 Å². The van der Waals surface area contributed by atoms with Gasteiger partial charge < -0.3 is 10.6 Å². The summed E-state index contributed by atoms with van der Waals surface area (Å²) in [6, 6.07) is 17.0. The SMILES string of the molecule is CNC(=O)c1cc2c(-c3ccc(C(=O)NCc4cccc(C(F)(F)F)c4)cc3)cccn2n1. The molecule has 0 aliphatic heterocycles. The van der Waals surface area contributed by atoms with Crippen LogP contribution in [0.25, 0.3) is 16.6 Å². The highest BCUT2D eigenvalue weighted by molar-refractivity contribution is 5.96. The molecule has 0 atom stereocenters. The summed E-state index contributed by atoms with van der Waals surface area (Å²) in [7, 11) is 1.53. The van der Waals surface area contributed by atoms with E-state index < -0.39 is 17.6 Å². The van der Waals surface area contributed by atoms with Gasteiger partial charge >= 0.3 is 6.18 Å². The van der Waals surface area contributed by atoms with Gasteiger partial charge in [-0.15, -0.1) is 0 Å². The van der Waals surface area contributed by atoms with Gasteiger partial charge in [-0.05, 0) is 47.5 Å². The third-order valence-electron chi connectivity index (χ3n) is 5.13. The molecule has 2 N–H and O–H groups in total. The fraction of sp³-hybridized carbons (Fsp3) is 0.125. The number of nitrogens with zero attached hydrogens (tertiary/aromatic N) is 2. The lowest BCUT2D eigenvalue weighted by Gasteiger charge is -2.10. The zero-order valence-electron chi connectivity index (χ0n) is 17.5. The highest BCUT2D eigenvalue weighted by Crippen LogP contribution is 2.29. The van der Waals surface area contributed by atoms with Crippen molar-refractivity contribution in [3.63, 3.8) is 0 Å². The van der Waals surface area contributed by atoms with Crippen molar-refractivity contribution in [1.29, 1.82) is 0 Å². The zero-order valence-corrected chi connectivity index (χ0v) is 17.5. The molecule has 6 nitrogen and oxygen atoms in total. The van der Waals surface area contributed by atoms with E-state index in [9.17, 15) is 22.8 Å². The lowest BCUT2D eigenvalue weighted by atomic mass is 10.0. The molecule has 2 heterocycles. The Labute approximate surface area is 187 Å². The van der Waals surface area contributed by atoms with E-state index in [1.54, 1.807) is 47.1 Å². The number of aromatic nitrogens is 2. The topological polar surface area (TPSA) is 75.5 Å². The van der Waals surface area contributed by atoms with Crippen molar-refractivity contribution < 1.29 is 22.8 Å². The first-order valence-electron chi connectivity index (χ1n) is 10.0. The van der Waals surface area contributed by atoms with Gasteiger partial charge in [0.25, 0.3) is 11.8 Å². The molecule has 0 aliphatic rings. The Morgan fingerprint density at radius 2 is 1.73 bits per heavy atom. The molecular formula is C24H19F3N4O2. The zero-order chi connectivity index (χ0) is 23.6. The largest absolute Gasteiger partial charge is 0.416 e. The molecule has 0 aliphatic carbocycles. The Morgan fingerprint density at radius 1 is 0.970 bits per heavy atom. The first-order valence-corrected chi connectivity index (χ1v) is 10.0. The van der Waals surface area contributed by atoms with Gasteiger partial charge in [-0.3, -0.25) is 9.59 Å². The normalized spacial score (nSPS) is 11.4. The molecule has 33 heavy (non-hydrogen) atoms. The number of carbonyl (C=O) groups is 2. The smallest absolute Gasteiger partial charge is 0.354 e. The van der Waals surface area contributed by atoms with Crippen molar-refractivity contribution >= 4 is 17.3 Å². The fourth-order valence-electron chi connectivity index (χ4n) is 3.44. The van der Waals surface area contributed by atoms with E-state index >= 15 is 0 Å². The van der Waals surface area contributed by atoms with Crippen molar-refractivity contribution in [2.45, 2.75) is 12.7 Å². The molecule has 0 saturated carbocycles. The molecular weight excluding hydrogens is 433 g/mol. The third-order valence-corrected chi connectivity index (χ3v) is 5.13. The number of carbonyl (C=O) groups excluding carboxylic acids is 2. The van der Waals surface area contributed by atoms with Crippen molar-refractivity contribution in [1.82, 2.24) is 20.2 Å². The average Bonchev–Trinajstić information content (AvgIpc) is 3.26. The first-order chi connectivity index (χ1) is 15.8. The second-order valence-electron chi connectivity index (χ2n) is 7.32. The van der Waals surface area contributed by atoms with Gasteiger partial charge in [-0.1, -0.05) is 30.3 Å². The lowest BCUT2D eigenvalue weighted by Crippen LogP contribution is -2.23. The van der Waals surface area contributed by atoms with E-state index in [4.69, 9.17) is 0 Å². The van der Waals surface area contributed by atoms with Crippen LogP contribution < -0.4 is 10.6 Å². The Balaban J connectivity index is 1.50. The number of amides is 2. The molecule has 0 radical (unpaired) electrons. The summed E-state index contributed by atoms with van der Waals surface area (Å²) in [6.45, 7) is -0.0259. The van der Waals surface area contributed by atoms with Gasteiger partial charge in [-0.2, -0.15) is 18.3 Å². The summed E-state index contributed by atoms with van der Waals surface area (Å²) >= 11 is 0. The molecule has 0 fully saturated rings. The summed E-state index contributed by atoms with van der Waals surface area (Å²) in [5.74, 6) is -0.694. The highest BCUT2D eigenvalue weighted by Gasteiger charge is 2.30. The second kappa shape index (κ2) is 8.78. The van der Waals surface area contributed by atoms with Crippen LogP contribution in [-0.2, 0) is 12.7 Å².